The van der Waals surface area contributed by atoms with Crippen molar-refractivity contribution < 1.29 is 4.92 Å². The van der Waals surface area contributed by atoms with Crippen molar-refractivity contribution in [3.05, 3.63) is 70.2 Å². The quantitative estimate of drug-likeness (QED) is 0.531. The summed E-state index contributed by atoms with van der Waals surface area (Å²) in [7, 11) is 1.98. The first-order chi connectivity index (χ1) is 11.5. The number of aryl methyl sites for hydroxylation is 1. The van der Waals surface area contributed by atoms with Gasteiger partial charge in [0.25, 0.3) is 5.69 Å². The van der Waals surface area contributed by atoms with Gasteiger partial charge < -0.3 is 4.90 Å². The lowest BCUT2D eigenvalue weighted by molar-refractivity contribution is -0.384. The number of hydrogen-bond acceptors (Lipinski definition) is 5. The number of fused-ring (bicyclic) bond motifs is 1. The van der Waals surface area contributed by atoms with Gasteiger partial charge in [0.05, 0.1) is 10.4 Å². The van der Waals surface area contributed by atoms with Crippen LogP contribution in [-0.4, -0.2) is 28.5 Å². The van der Waals surface area contributed by atoms with Crippen molar-refractivity contribution in [2.75, 3.05) is 18.5 Å². The van der Waals surface area contributed by atoms with E-state index in [1.807, 2.05) is 38.2 Å². The summed E-state index contributed by atoms with van der Waals surface area (Å²) in [6.45, 7) is 2.69. The largest absolute Gasteiger partial charge is 0.374 e. The Hall–Kier alpha value is -3.02. The molecule has 0 saturated carbocycles. The Balaban J connectivity index is 1.94. The van der Waals surface area contributed by atoms with E-state index in [9.17, 15) is 10.1 Å². The summed E-state index contributed by atoms with van der Waals surface area (Å²) >= 11 is 0. The summed E-state index contributed by atoms with van der Waals surface area (Å²) in [5.74, 6) is 0. The molecule has 0 fully saturated rings. The van der Waals surface area contributed by atoms with Gasteiger partial charge in [0, 0.05) is 60.8 Å². The fourth-order valence-electron chi connectivity index (χ4n) is 2.70. The molecule has 0 saturated heterocycles. The van der Waals surface area contributed by atoms with Crippen LogP contribution in [0.1, 0.15) is 11.4 Å². The average molecular weight is 322 g/mol. The molecule has 0 N–H and O–H groups in total. The Kier molecular flexibility index (Phi) is 4.37. The highest BCUT2D eigenvalue weighted by Gasteiger charge is 2.13. The summed E-state index contributed by atoms with van der Waals surface area (Å²) in [6, 6.07) is 12.6. The van der Waals surface area contributed by atoms with Crippen molar-refractivity contribution >= 4 is 22.3 Å². The molecule has 122 valence electrons. The van der Waals surface area contributed by atoms with Gasteiger partial charge in [-0.25, -0.2) is 0 Å². The van der Waals surface area contributed by atoms with Gasteiger partial charge in [-0.15, -0.1) is 0 Å². The van der Waals surface area contributed by atoms with E-state index in [2.05, 4.69) is 14.9 Å². The van der Waals surface area contributed by atoms with Crippen LogP contribution in [0, 0.1) is 17.0 Å². The van der Waals surface area contributed by atoms with E-state index in [0.29, 0.717) is 0 Å². The molecular weight excluding hydrogens is 304 g/mol. The van der Waals surface area contributed by atoms with Crippen molar-refractivity contribution in [1.29, 1.82) is 0 Å². The molecular formula is C18H18N4O2. The van der Waals surface area contributed by atoms with Crippen LogP contribution in [0.15, 0.2) is 48.7 Å². The van der Waals surface area contributed by atoms with Crippen LogP contribution >= 0.6 is 0 Å². The molecule has 0 aliphatic carbocycles. The Bertz CT molecular complexity index is 881. The third kappa shape index (κ3) is 3.32. The number of anilines is 1. The van der Waals surface area contributed by atoms with Gasteiger partial charge in [0.2, 0.25) is 0 Å². The topological polar surface area (TPSA) is 72.2 Å². The standard InChI is InChI=1S/C18H18N4O2/c1-13-11-18(21(2)10-8-14-5-3-4-9-19-14)16-12-15(22(23)24)6-7-17(16)20-13/h3-7,9,11-12H,8,10H2,1-2H3. The van der Waals surface area contributed by atoms with Gasteiger partial charge in [-0.1, -0.05) is 6.07 Å². The molecule has 0 atom stereocenters. The van der Waals surface area contributed by atoms with E-state index in [1.54, 1.807) is 18.3 Å². The monoisotopic (exact) mass is 322 g/mol. The van der Waals surface area contributed by atoms with Gasteiger partial charge in [-0.3, -0.25) is 20.1 Å². The summed E-state index contributed by atoms with van der Waals surface area (Å²) in [4.78, 5) is 21.6. The van der Waals surface area contributed by atoms with Crippen molar-refractivity contribution in [3.8, 4) is 0 Å². The lowest BCUT2D eigenvalue weighted by Gasteiger charge is -2.21. The lowest BCUT2D eigenvalue weighted by atomic mass is 10.1. The van der Waals surface area contributed by atoms with Crippen LogP contribution in [-0.2, 0) is 6.42 Å². The van der Waals surface area contributed by atoms with E-state index in [0.717, 1.165) is 40.9 Å². The molecule has 0 unspecified atom stereocenters. The molecule has 6 nitrogen and oxygen atoms in total. The van der Waals surface area contributed by atoms with Gasteiger partial charge in [-0.05, 0) is 31.2 Å². The van der Waals surface area contributed by atoms with Crippen LogP contribution in [0.5, 0.6) is 0 Å². The molecule has 2 heterocycles. The Morgan fingerprint density at radius 2 is 2.04 bits per heavy atom. The second kappa shape index (κ2) is 6.62. The minimum Gasteiger partial charge on any atom is -0.374 e. The maximum atomic E-state index is 11.1. The minimum atomic E-state index is -0.378. The first kappa shape index (κ1) is 15.9. The van der Waals surface area contributed by atoms with E-state index < -0.39 is 0 Å². The second-order valence-corrected chi connectivity index (χ2v) is 5.73. The normalized spacial score (nSPS) is 10.8. The van der Waals surface area contributed by atoms with Crippen LogP contribution in [0.2, 0.25) is 0 Å². The molecule has 6 heteroatoms. The van der Waals surface area contributed by atoms with E-state index in [1.165, 1.54) is 6.07 Å². The number of nitro benzene ring substituents is 1. The van der Waals surface area contributed by atoms with Crippen LogP contribution in [0.3, 0.4) is 0 Å². The molecule has 0 spiro atoms. The predicted molar refractivity (Wildman–Crippen MR) is 94.3 cm³/mol. The zero-order chi connectivity index (χ0) is 17.1. The third-order valence-corrected chi connectivity index (χ3v) is 3.95. The predicted octanol–water partition coefficient (Wildman–Crippen LogP) is 3.53. The van der Waals surface area contributed by atoms with Crippen LogP contribution in [0.25, 0.3) is 10.9 Å². The summed E-state index contributed by atoms with van der Waals surface area (Å²) in [6.07, 6.45) is 2.58. The van der Waals surface area contributed by atoms with E-state index in [4.69, 9.17) is 0 Å². The molecule has 0 radical (unpaired) electrons. The molecule has 2 aromatic heterocycles. The number of nitrogens with zero attached hydrogens (tertiary/aromatic N) is 4. The van der Waals surface area contributed by atoms with Gasteiger partial charge in [0.15, 0.2) is 0 Å². The summed E-state index contributed by atoms with van der Waals surface area (Å²) in [5, 5.41) is 11.9. The van der Waals surface area contributed by atoms with Gasteiger partial charge >= 0.3 is 0 Å². The Labute approximate surface area is 139 Å². The Morgan fingerprint density at radius 3 is 2.75 bits per heavy atom. The van der Waals surface area contributed by atoms with E-state index in [-0.39, 0.29) is 10.6 Å². The number of non-ortho nitro benzene ring substituents is 1. The minimum absolute atomic E-state index is 0.0764. The summed E-state index contributed by atoms with van der Waals surface area (Å²) < 4.78 is 0. The van der Waals surface area contributed by atoms with Gasteiger partial charge in [-0.2, -0.15) is 0 Å². The number of aromatic nitrogens is 2. The third-order valence-electron chi connectivity index (χ3n) is 3.95. The average Bonchev–Trinajstić information content (AvgIpc) is 2.59. The number of pyridine rings is 2. The molecule has 3 aromatic rings. The fourth-order valence-corrected chi connectivity index (χ4v) is 2.70. The van der Waals surface area contributed by atoms with E-state index >= 15 is 0 Å². The summed E-state index contributed by atoms with van der Waals surface area (Å²) in [5.41, 5.74) is 3.69. The number of nitro groups is 1. The molecule has 3 rings (SSSR count). The lowest BCUT2D eigenvalue weighted by Crippen LogP contribution is -2.21. The molecule has 0 aliphatic rings. The van der Waals surface area contributed by atoms with Gasteiger partial charge in [0.1, 0.15) is 0 Å². The van der Waals surface area contributed by atoms with Crippen molar-refractivity contribution in [3.63, 3.8) is 0 Å². The second-order valence-electron chi connectivity index (χ2n) is 5.73. The fraction of sp³-hybridized carbons (Fsp3) is 0.222. The number of benzene rings is 1. The van der Waals surface area contributed by atoms with Crippen LogP contribution < -0.4 is 4.90 Å². The highest BCUT2D eigenvalue weighted by molar-refractivity contribution is 5.93. The maximum Gasteiger partial charge on any atom is 0.270 e. The highest BCUT2D eigenvalue weighted by Crippen LogP contribution is 2.29. The molecule has 0 amide bonds. The molecule has 0 bridgehead atoms. The maximum absolute atomic E-state index is 11.1. The first-order valence-corrected chi connectivity index (χ1v) is 7.71. The van der Waals surface area contributed by atoms with Crippen molar-refractivity contribution in [2.24, 2.45) is 0 Å². The molecule has 1 aromatic carbocycles. The first-order valence-electron chi connectivity index (χ1n) is 7.71. The Morgan fingerprint density at radius 1 is 1.21 bits per heavy atom. The number of rotatable bonds is 5. The SMILES string of the molecule is Cc1cc(N(C)CCc2ccccn2)c2cc([N+](=O)[O-])ccc2n1. The molecule has 0 aliphatic heterocycles. The molecule has 24 heavy (non-hydrogen) atoms. The zero-order valence-corrected chi connectivity index (χ0v) is 13.6. The zero-order valence-electron chi connectivity index (χ0n) is 13.6. The van der Waals surface area contributed by atoms with Crippen LogP contribution in [0.4, 0.5) is 11.4 Å². The number of hydrogen-bond donors (Lipinski definition) is 0. The van der Waals surface area contributed by atoms with Crippen molar-refractivity contribution in [2.45, 2.75) is 13.3 Å². The smallest absolute Gasteiger partial charge is 0.270 e. The highest BCUT2D eigenvalue weighted by atomic mass is 16.6. The van der Waals surface area contributed by atoms with Crippen molar-refractivity contribution in [1.82, 2.24) is 9.97 Å². The number of likely N-dealkylation sites (N-methyl/N-ethyl adjacent to an activating group) is 1.